The van der Waals surface area contributed by atoms with Crippen molar-refractivity contribution < 1.29 is 28.5 Å². The fraction of sp³-hybridized carbons (Fsp3) is 0.935. The van der Waals surface area contributed by atoms with Gasteiger partial charge in [0.25, 0.3) is 0 Å². The third-order valence-corrected chi connectivity index (χ3v) is 12.0. The zero-order chi connectivity index (χ0) is 25.8. The lowest BCUT2D eigenvalue weighted by Gasteiger charge is -2.63. The van der Waals surface area contributed by atoms with Crippen molar-refractivity contribution in [2.45, 2.75) is 135 Å². The van der Waals surface area contributed by atoms with Crippen molar-refractivity contribution in [1.29, 1.82) is 0 Å². The van der Waals surface area contributed by atoms with Gasteiger partial charge in [-0.2, -0.15) is 0 Å². The maximum atomic E-state index is 13.6. The van der Waals surface area contributed by atoms with Gasteiger partial charge in [-0.05, 0) is 113 Å². The number of fused-ring (bicyclic) bond motifs is 5. The average molecular weight is 517 g/mol. The van der Waals surface area contributed by atoms with E-state index in [4.69, 9.17) is 18.9 Å². The summed E-state index contributed by atoms with van der Waals surface area (Å²) in [6.45, 7) is 8.02. The number of Topliss-reactive ketones (excluding diaryl/α,β-unsaturated/α-hetero) is 2. The molecule has 5 unspecified atom stereocenters. The van der Waals surface area contributed by atoms with Gasteiger partial charge in [-0.3, -0.25) is 9.59 Å². The topological polar surface area (TPSA) is 71.1 Å². The molecule has 10 atom stereocenters. The Morgan fingerprint density at radius 1 is 0.919 bits per heavy atom. The predicted octanol–water partition coefficient (Wildman–Crippen LogP) is 5.99. The first-order chi connectivity index (χ1) is 17.8. The van der Waals surface area contributed by atoms with E-state index < -0.39 is 5.60 Å². The van der Waals surface area contributed by atoms with E-state index in [0.29, 0.717) is 42.5 Å². The number of hydrogen-bond donors (Lipinski definition) is 0. The molecule has 37 heavy (non-hydrogen) atoms. The number of rotatable bonds is 5. The molecule has 0 bridgehead atoms. The minimum Gasteiger partial charge on any atom is -0.353 e. The summed E-state index contributed by atoms with van der Waals surface area (Å²) in [4.78, 5) is 26.1. The molecule has 6 heteroatoms. The van der Waals surface area contributed by atoms with Crippen molar-refractivity contribution in [3.05, 3.63) is 0 Å². The second kappa shape index (κ2) is 9.98. The zero-order valence-electron chi connectivity index (χ0n) is 23.3. The Bertz CT molecular complexity index is 877. The monoisotopic (exact) mass is 516 g/mol. The first-order valence-electron chi connectivity index (χ1n) is 15.4. The lowest BCUT2D eigenvalue weighted by Crippen LogP contribution is -2.64. The lowest BCUT2D eigenvalue weighted by molar-refractivity contribution is -0.283. The second-order valence-corrected chi connectivity index (χ2v) is 13.7. The molecule has 0 spiro atoms. The summed E-state index contributed by atoms with van der Waals surface area (Å²) < 4.78 is 26.0. The van der Waals surface area contributed by atoms with Gasteiger partial charge >= 0.3 is 0 Å². The molecular weight excluding hydrogens is 468 g/mol. The molecule has 4 aliphatic carbocycles. The van der Waals surface area contributed by atoms with Crippen LogP contribution in [0.1, 0.15) is 111 Å². The summed E-state index contributed by atoms with van der Waals surface area (Å²) in [5, 5.41) is 0. The molecule has 208 valence electrons. The van der Waals surface area contributed by atoms with Crippen molar-refractivity contribution in [2.24, 2.45) is 34.5 Å². The van der Waals surface area contributed by atoms with Crippen molar-refractivity contribution in [2.75, 3.05) is 13.2 Å². The first kappa shape index (κ1) is 26.4. The van der Waals surface area contributed by atoms with Crippen molar-refractivity contribution in [3.63, 3.8) is 0 Å². The minimum atomic E-state index is -0.819. The molecule has 6 fully saturated rings. The van der Waals surface area contributed by atoms with Gasteiger partial charge in [-0.1, -0.05) is 13.8 Å². The Labute approximate surface area is 222 Å². The van der Waals surface area contributed by atoms with E-state index in [-0.39, 0.29) is 35.3 Å². The SMILES string of the molecule is CC(=O)[C@@]1(OC2CCCCO2)CCC2C3CC[C@@H]4CC(=O)CC[C@]4(C)C3[C@H](OC3CCCCO3)C[C@@]21C. The standard InChI is InChI=1S/C31H48O6/c1-20(32)31(37-27-9-5-7-17-35-27)15-13-24-23-11-10-21-18-22(33)12-14-29(21,2)28(23)25(19-30(24,31)3)36-26-8-4-6-16-34-26/h21,23-28H,4-19H2,1-3H3/t21-,23?,24?,25-,26?,27?,28?,29+,30+,31+/m1/s1. The van der Waals surface area contributed by atoms with Crippen LogP contribution in [0.5, 0.6) is 0 Å². The van der Waals surface area contributed by atoms with Gasteiger partial charge in [-0.15, -0.1) is 0 Å². The van der Waals surface area contributed by atoms with Gasteiger partial charge in [0.2, 0.25) is 0 Å². The van der Waals surface area contributed by atoms with Gasteiger partial charge in [0.1, 0.15) is 11.4 Å². The molecular formula is C31H48O6. The molecule has 4 saturated carbocycles. The first-order valence-corrected chi connectivity index (χ1v) is 15.4. The predicted molar refractivity (Wildman–Crippen MR) is 139 cm³/mol. The van der Waals surface area contributed by atoms with Crippen LogP contribution >= 0.6 is 0 Å². The number of hydrogen-bond acceptors (Lipinski definition) is 6. The van der Waals surface area contributed by atoms with Crippen LogP contribution in [0.3, 0.4) is 0 Å². The number of ether oxygens (including phenoxy) is 4. The Morgan fingerprint density at radius 3 is 2.32 bits per heavy atom. The quantitative estimate of drug-likeness (QED) is 0.447. The third-order valence-electron chi connectivity index (χ3n) is 12.0. The molecule has 2 saturated heterocycles. The van der Waals surface area contributed by atoms with Gasteiger partial charge in [-0.25, -0.2) is 0 Å². The van der Waals surface area contributed by atoms with Crippen LogP contribution in [0.4, 0.5) is 0 Å². The van der Waals surface area contributed by atoms with Crippen molar-refractivity contribution in [3.8, 4) is 0 Å². The van der Waals surface area contributed by atoms with Gasteiger partial charge in [0.15, 0.2) is 18.4 Å². The summed E-state index contributed by atoms with van der Waals surface area (Å²) >= 11 is 0. The summed E-state index contributed by atoms with van der Waals surface area (Å²) in [5.41, 5.74) is -1.01. The van der Waals surface area contributed by atoms with Crippen LogP contribution in [0.25, 0.3) is 0 Å². The highest BCUT2D eigenvalue weighted by Crippen LogP contribution is 2.69. The largest absolute Gasteiger partial charge is 0.353 e. The van der Waals surface area contributed by atoms with E-state index in [1.54, 1.807) is 6.92 Å². The van der Waals surface area contributed by atoms with Crippen molar-refractivity contribution in [1.82, 2.24) is 0 Å². The molecule has 0 N–H and O–H groups in total. The fourth-order valence-corrected chi connectivity index (χ4v) is 10.1. The van der Waals surface area contributed by atoms with E-state index in [2.05, 4.69) is 13.8 Å². The Kier molecular flexibility index (Phi) is 7.12. The maximum absolute atomic E-state index is 13.6. The fourth-order valence-electron chi connectivity index (χ4n) is 10.1. The number of carbonyl (C=O) groups is 2. The van der Waals surface area contributed by atoms with Crippen LogP contribution in [0, 0.1) is 34.5 Å². The summed E-state index contributed by atoms with van der Waals surface area (Å²) in [7, 11) is 0. The molecule has 2 heterocycles. The molecule has 6 nitrogen and oxygen atoms in total. The number of carbonyl (C=O) groups excluding carboxylic acids is 2. The zero-order valence-corrected chi connectivity index (χ0v) is 23.3. The molecule has 2 aliphatic heterocycles. The molecule has 0 aromatic carbocycles. The van der Waals surface area contributed by atoms with Gasteiger partial charge in [0, 0.05) is 31.5 Å². The van der Waals surface area contributed by atoms with Crippen LogP contribution in [0.15, 0.2) is 0 Å². The minimum absolute atomic E-state index is 0.0167. The smallest absolute Gasteiger partial charge is 0.162 e. The Hall–Kier alpha value is -0.820. The molecule has 0 aromatic heterocycles. The third kappa shape index (κ3) is 4.28. The van der Waals surface area contributed by atoms with Gasteiger partial charge < -0.3 is 18.9 Å². The molecule has 6 rings (SSSR count). The molecule has 0 amide bonds. The second-order valence-electron chi connectivity index (χ2n) is 13.7. The van der Waals surface area contributed by atoms with Crippen LogP contribution in [-0.2, 0) is 28.5 Å². The number of ketones is 2. The average Bonchev–Trinajstić information content (AvgIpc) is 3.18. The normalized spacial score (nSPS) is 50.1. The Balaban J connectivity index is 1.36. The molecule has 0 aromatic rings. The maximum Gasteiger partial charge on any atom is 0.162 e. The van der Waals surface area contributed by atoms with E-state index in [1.807, 2.05) is 0 Å². The van der Waals surface area contributed by atoms with E-state index in [0.717, 1.165) is 90.1 Å². The van der Waals surface area contributed by atoms with Crippen LogP contribution < -0.4 is 0 Å². The van der Waals surface area contributed by atoms with Crippen molar-refractivity contribution >= 4 is 11.6 Å². The van der Waals surface area contributed by atoms with E-state index in [1.165, 1.54) is 0 Å². The Morgan fingerprint density at radius 2 is 1.65 bits per heavy atom. The van der Waals surface area contributed by atoms with E-state index >= 15 is 0 Å². The van der Waals surface area contributed by atoms with Gasteiger partial charge in [0.05, 0.1) is 6.10 Å². The molecule has 6 aliphatic rings. The lowest BCUT2D eigenvalue weighted by atomic mass is 9.43. The highest BCUT2D eigenvalue weighted by Gasteiger charge is 2.70. The summed E-state index contributed by atoms with van der Waals surface area (Å²) in [6.07, 6.45) is 13.0. The molecule has 0 radical (unpaired) electrons. The highest BCUT2D eigenvalue weighted by atomic mass is 16.7. The van der Waals surface area contributed by atoms with Crippen LogP contribution in [-0.4, -0.2) is 49.1 Å². The summed E-state index contributed by atoms with van der Waals surface area (Å²) in [6, 6.07) is 0. The van der Waals surface area contributed by atoms with E-state index in [9.17, 15) is 9.59 Å². The summed E-state index contributed by atoms with van der Waals surface area (Å²) in [5.74, 6) is 2.35. The highest BCUT2D eigenvalue weighted by molar-refractivity contribution is 5.86. The van der Waals surface area contributed by atoms with Crippen LogP contribution in [0.2, 0.25) is 0 Å².